The number of halogens is 1. The summed E-state index contributed by atoms with van der Waals surface area (Å²) in [5.41, 5.74) is 5.20. The molecule has 1 aromatic carbocycles. The number of rotatable bonds is 5. The predicted molar refractivity (Wildman–Crippen MR) is 89.6 cm³/mol. The topological polar surface area (TPSA) is 66.7 Å². The van der Waals surface area contributed by atoms with Gasteiger partial charge in [0.15, 0.2) is 17.3 Å². The number of anilines is 1. The van der Waals surface area contributed by atoms with Gasteiger partial charge in [-0.1, -0.05) is 11.6 Å². The molecule has 2 aromatic heterocycles. The molecule has 4 rings (SSSR count). The lowest BCUT2D eigenvalue weighted by Crippen LogP contribution is -2.01. The van der Waals surface area contributed by atoms with E-state index in [1.54, 1.807) is 0 Å². The molecule has 1 fully saturated rings. The second kappa shape index (κ2) is 5.74. The highest BCUT2D eigenvalue weighted by atomic mass is 35.5. The van der Waals surface area contributed by atoms with Crippen LogP contribution in [0.3, 0.4) is 0 Å². The summed E-state index contributed by atoms with van der Waals surface area (Å²) in [5.74, 6) is 1.41. The molecule has 0 aliphatic heterocycles. The molecule has 1 aliphatic rings. The van der Waals surface area contributed by atoms with E-state index >= 15 is 0 Å². The lowest BCUT2D eigenvalue weighted by atomic mass is 10.1. The summed E-state index contributed by atoms with van der Waals surface area (Å²) in [4.78, 5) is 4.12. The maximum Gasteiger partial charge on any atom is 0.181 e. The molecule has 6 heteroatoms. The van der Waals surface area contributed by atoms with E-state index in [1.165, 1.54) is 24.9 Å². The Morgan fingerprint density at radius 3 is 2.74 bits per heavy atom. The van der Waals surface area contributed by atoms with Gasteiger partial charge in [-0.25, -0.2) is 4.98 Å². The van der Waals surface area contributed by atoms with Gasteiger partial charge in [0.05, 0.1) is 5.69 Å². The summed E-state index contributed by atoms with van der Waals surface area (Å²) in [6.07, 6.45) is 3.91. The van der Waals surface area contributed by atoms with Crippen molar-refractivity contribution in [2.45, 2.75) is 32.2 Å². The Kier molecular flexibility index (Phi) is 3.58. The molecule has 0 atom stereocenters. The summed E-state index contributed by atoms with van der Waals surface area (Å²) < 4.78 is 5.41. The van der Waals surface area contributed by atoms with Crippen LogP contribution in [0.5, 0.6) is 0 Å². The van der Waals surface area contributed by atoms with E-state index in [1.807, 2.05) is 31.2 Å². The third-order valence-electron chi connectivity index (χ3n) is 4.20. The third-order valence-corrected chi connectivity index (χ3v) is 4.51. The number of nitrogens with zero attached hydrogens (tertiary/aromatic N) is 2. The molecular weight excluding hydrogens is 312 g/mol. The number of H-pyrrole nitrogens is 1. The van der Waals surface area contributed by atoms with Crippen molar-refractivity contribution >= 4 is 17.3 Å². The van der Waals surface area contributed by atoms with E-state index in [2.05, 4.69) is 20.5 Å². The lowest BCUT2D eigenvalue weighted by molar-refractivity contribution is 0.571. The molecule has 5 nitrogen and oxygen atoms in total. The number of aryl methyl sites for hydroxylation is 1. The summed E-state index contributed by atoms with van der Waals surface area (Å²) in [7, 11) is 0. The van der Waals surface area contributed by atoms with Gasteiger partial charge in [-0.15, -0.1) is 0 Å². The zero-order valence-corrected chi connectivity index (χ0v) is 13.5. The van der Waals surface area contributed by atoms with Gasteiger partial charge in [-0.2, -0.15) is 5.10 Å². The number of hydrogen-bond acceptors (Lipinski definition) is 4. The number of benzene rings is 1. The van der Waals surface area contributed by atoms with Crippen molar-refractivity contribution < 1.29 is 4.42 Å². The maximum atomic E-state index is 6.19. The first-order valence-electron chi connectivity index (χ1n) is 7.69. The number of aromatic nitrogens is 3. The Balaban J connectivity index is 1.48. The number of hydrogen-bond donors (Lipinski definition) is 2. The molecule has 0 bridgehead atoms. The van der Waals surface area contributed by atoms with Crippen LogP contribution in [0.15, 0.2) is 35.1 Å². The minimum Gasteiger partial charge on any atom is -0.443 e. The van der Waals surface area contributed by atoms with Crippen molar-refractivity contribution in [2.75, 3.05) is 5.32 Å². The van der Waals surface area contributed by atoms with Crippen LogP contribution in [0.2, 0.25) is 5.15 Å². The Morgan fingerprint density at radius 2 is 2.09 bits per heavy atom. The first-order valence-corrected chi connectivity index (χ1v) is 8.07. The van der Waals surface area contributed by atoms with E-state index in [4.69, 9.17) is 16.0 Å². The minimum absolute atomic E-state index is 0.563. The van der Waals surface area contributed by atoms with E-state index in [9.17, 15) is 0 Å². The highest BCUT2D eigenvalue weighted by Crippen LogP contribution is 2.42. The first kappa shape index (κ1) is 14.3. The van der Waals surface area contributed by atoms with Gasteiger partial charge in [0.2, 0.25) is 0 Å². The van der Waals surface area contributed by atoms with Gasteiger partial charge >= 0.3 is 0 Å². The highest BCUT2D eigenvalue weighted by Gasteiger charge is 2.29. The molecule has 3 aromatic rings. The molecule has 1 aliphatic carbocycles. The standard InChI is InChI=1S/C17H17ClN4O/c1-10-16(23-9-20-10)12-4-6-13(7-5-12)19-8-14-15(11-2-3-11)21-22-17(14)18/h4-7,9,11,19H,2-3,8H2,1H3,(H,21,22). The minimum atomic E-state index is 0.563. The molecule has 0 saturated heterocycles. The Bertz CT molecular complexity index is 817. The van der Waals surface area contributed by atoms with Gasteiger partial charge < -0.3 is 9.73 Å². The molecule has 2 N–H and O–H groups in total. The molecule has 0 radical (unpaired) electrons. The molecule has 0 unspecified atom stereocenters. The summed E-state index contributed by atoms with van der Waals surface area (Å²) in [6.45, 7) is 2.60. The summed E-state index contributed by atoms with van der Waals surface area (Å²) in [6, 6.07) is 8.10. The second-order valence-corrected chi connectivity index (χ2v) is 6.24. The van der Waals surface area contributed by atoms with E-state index in [-0.39, 0.29) is 0 Å². The SMILES string of the molecule is Cc1ncoc1-c1ccc(NCc2c(Cl)n[nH]c2C2CC2)cc1. The lowest BCUT2D eigenvalue weighted by Gasteiger charge is -2.08. The third kappa shape index (κ3) is 2.84. The van der Waals surface area contributed by atoms with Gasteiger partial charge in [0.25, 0.3) is 0 Å². The zero-order valence-electron chi connectivity index (χ0n) is 12.8. The van der Waals surface area contributed by atoms with Crippen molar-refractivity contribution in [1.82, 2.24) is 15.2 Å². The fourth-order valence-corrected chi connectivity index (χ4v) is 2.95. The summed E-state index contributed by atoms with van der Waals surface area (Å²) in [5, 5.41) is 11.2. The largest absolute Gasteiger partial charge is 0.443 e. The van der Waals surface area contributed by atoms with Crippen LogP contribution >= 0.6 is 11.6 Å². The van der Waals surface area contributed by atoms with Gasteiger partial charge in [-0.05, 0) is 44.0 Å². The van der Waals surface area contributed by atoms with Crippen LogP contribution in [-0.2, 0) is 6.54 Å². The smallest absolute Gasteiger partial charge is 0.181 e. The molecule has 0 spiro atoms. The van der Waals surface area contributed by atoms with E-state index < -0.39 is 0 Å². The molecule has 23 heavy (non-hydrogen) atoms. The van der Waals surface area contributed by atoms with Crippen molar-refractivity contribution in [1.29, 1.82) is 0 Å². The molecule has 2 heterocycles. The quantitative estimate of drug-likeness (QED) is 0.722. The maximum absolute atomic E-state index is 6.19. The van der Waals surface area contributed by atoms with Crippen molar-refractivity contribution in [2.24, 2.45) is 0 Å². The van der Waals surface area contributed by atoms with E-state index in [0.717, 1.165) is 28.3 Å². The summed E-state index contributed by atoms with van der Waals surface area (Å²) >= 11 is 6.19. The van der Waals surface area contributed by atoms with Crippen molar-refractivity contribution in [3.05, 3.63) is 52.8 Å². The van der Waals surface area contributed by atoms with Gasteiger partial charge in [0.1, 0.15) is 0 Å². The normalized spacial score (nSPS) is 14.2. The number of oxazole rings is 1. The zero-order chi connectivity index (χ0) is 15.8. The van der Waals surface area contributed by atoms with Crippen molar-refractivity contribution in [3.63, 3.8) is 0 Å². The molecule has 118 valence electrons. The fourth-order valence-electron chi connectivity index (χ4n) is 2.74. The molecule has 0 amide bonds. The van der Waals surface area contributed by atoms with E-state index in [0.29, 0.717) is 17.6 Å². The first-order chi connectivity index (χ1) is 11.2. The Labute approximate surface area is 139 Å². The monoisotopic (exact) mass is 328 g/mol. The average Bonchev–Trinajstić information content (AvgIpc) is 3.21. The molecule has 1 saturated carbocycles. The van der Waals surface area contributed by atoms with Crippen LogP contribution in [0.1, 0.15) is 35.7 Å². The average molecular weight is 329 g/mol. The van der Waals surface area contributed by atoms with Gasteiger partial charge in [0, 0.05) is 35.0 Å². The fraction of sp³-hybridized carbons (Fsp3) is 0.294. The number of nitrogens with one attached hydrogen (secondary N) is 2. The second-order valence-electron chi connectivity index (χ2n) is 5.88. The Hall–Kier alpha value is -2.27. The van der Waals surface area contributed by atoms with Crippen molar-refractivity contribution in [3.8, 4) is 11.3 Å². The van der Waals surface area contributed by atoms with Crippen LogP contribution in [-0.4, -0.2) is 15.2 Å². The van der Waals surface area contributed by atoms with Crippen LogP contribution in [0.4, 0.5) is 5.69 Å². The van der Waals surface area contributed by atoms with Crippen LogP contribution in [0.25, 0.3) is 11.3 Å². The highest BCUT2D eigenvalue weighted by molar-refractivity contribution is 6.30. The molecular formula is C17H17ClN4O. The van der Waals surface area contributed by atoms with Gasteiger partial charge in [-0.3, -0.25) is 5.10 Å². The van der Waals surface area contributed by atoms with Crippen LogP contribution < -0.4 is 5.32 Å². The number of aromatic amines is 1. The Morgan fingerprint density at radius 1 is 1.30 bits per heavy atom. The predicted octanol–water partition coefficient (Wildman–Crippen LogP) is 4.52. The van der Waals surface area contributed by atoms with Crippen LogP contribution in [0, 0.1) is 6.92 Å².